The zero-order valence-corrected chi connectivity index (χ0v) is 13.5. The fourth-order valence-electron chi connectivity index (χ4n) is 2.53. The molecular weight excluding hydrogens is 309 g/mol. The summed E-state index contributed by atoms with van der Waals surface area (Å²) in [6.45, 7) is 3.29. The molecule has 0 bridgehead atoms. The van der Waals surface area contributed by atoms with Crippen LogP contribution in [-0.4, -0.2) is 36.1 Å². The topological polar surface area (TPSA) is 38.8 Å². The van der Waals surface area contributed by atoms with Gasteiger partial charge in [-0.2, -0.15) is 0 Å². The molecule has 1 aliphatic heterocycles. The summed E-state index contributed by atoms with van der Waals surface area (Å²) in [5.41, 5.74) is 0.918. The zero-order valence-electron chi connectivity index (χ0n) is 13.5. The van der Waals surface area contributed by atoms with Crippen LogP contribution in [0.4, 0.5) is 4.39 Å². The van der Waals surface area contributed by atoms with Crippen molar-refractivity contribution in [3.05, 3.63) is 66.0 Å². The fourth-order valence-corrected chi connectivity index (χ4v) is 2.53. The lowest BCUT2D eigenvalue weighted by Crippen LogP contribution is -2.57. The Bertz CT molecular complexity index is 669. The first kappa shape index (κ1) is 16.5. The number of carbonyl (C=O) groups is 1. The zero-order chi connectivity index (χ0) is 16.9. The van der Waals surface area contributed by atoms with Crippen LogP contribution in [0, 0.1) is 5.82 Å². The number of halogens is 1. The predicted molar refractivity (Wildman–Crippen MR) is 88.1 cm³/mol. The molecule has 1 fully saturated rings. The summed E-state index contributed by atoms with van der Waals surface area (Å²) in [4.78, 5) is 14.0. The molecule has 0 spiro atoms. The van der Waals surface area contributed by atoms with Gasteiger partial charge in [-0.25, -0.2) is 4.39 Å². The lowest BCUT2D eigenvalue weighted by Gasteiger charge is -2.40. The highest BCUT2D eigenvalue weighted by Crippen LogP contribution is 2.18. The standard InChI is InChI=1S/C19H20FNO3/c1-14(24-17-5-3-2-4-6-17)19(22)21-11-18(12-21)23-13-15-7-9-16(20)10-8-15/h2-10,14,18H,11-13H2,1H3/t14-/m1/s1. The average molecular weight is 329 g/mol. The lowest BCUT2D eigenvalue weighted by atomic mass is 10.1. The number of benzene rings is 2. The minimum absolute atomic E-state index is 0.0166. The Hall–Kier alpha value is -2.40. The number of likely N-dealkylation sites (tertiary alicyclic amines) is 1. The molecule has 24 heavy (non-hydrogen) atoms. The van der Waals surface area contributed by atoms with E-state index in [1.54, 1.807) is 24.0 Å². The molecule has 3 rings (SSSR count). The lowest BCUT2D eigenvalue weighted by molar-refractivity contribution is -0.152. The molecule has 1 heterocycles. The maximum absolute atomic E-state index is 12.8. The van der Waals surface area contributed by atoms with Crippen LogP contribution in [0.3, 0.4) is 0 Å². The first-order valence-electron chi connectivity index (χ1n) is 7.98. The van der Waals surface area contributed by atoms with Crippen LogP contribution in [0.2, 0.25) is 0 Å². The minimum atomic E-state index is -0.523. The molecule has 2 aromatic rings. The molecular formula is C19H20FNO3. The molecule has 126 valence electrons. The summed E-state index contributed by atoms with van der Waals surface area (Å²) in [7, 11) is 0. The van der Waals surface area contributed by atoms with Gasteiger partial charge >= 0.3 is 0 Å². The largest absolute Gasteiger partial charge is 0.481 e. The van der Waals surface area contributed by atoms with Crippen molar-refractivity contribution in [2.45, 2.75) is 25.7 Å². The van der Waals surface area contributed by atoms with Crippen molar-refractivity contribution in [3.8, 4) is 5.75 Å². The Morgan fingerprint density at radius 3 is 2.50 bits per heavy atom. The summed E-state index contributed by atoms with van der Waals surface area (Å²) >= 11 is 0. The molecule has 4 nitrogen and oxygen atoms in total. The van der Waals surface area contributed by atoms with E-state index in [9.17, 15) is 9.18 Å². The van der Waals surface area contributed by atoms with Crippen LogP contribution in [0.1, 0.15) is 12.5 Å². The van der Waals surface area contributed by atoms with E-state index in [4.69, 9.17) is 9.47 Å². The second kappa shape index (κ2) is 7.45. The predicted octanol–water partition coefficient (Wildman–Crippen LogP) is 3.02. The summed E-state index contributed by atoms with van der Waals surface area (Å²) in [5, 5.41) is 0. The highest BCUT2D eigenvalue weighted by atomic mass is 19.1. The van der Waals surface area contributed by atoms with Gasteiger partial charge in [-0.05, 0) is 36.8 Å². The number of hydrogen-bond acceptors (Lipinski definition) is 3. The molecule has 0 radical (unpaired) electrons. The number of carbonyl (C=O) groups excluding carboxylic acids is 1. The number of amides is 1. The molecule has 1 amide bonds. The highest BCUT2D eigenvalue weighted by Gasteiger charge is 2.34. The molecule has 0 saturated carbocycles. The number of nitrogens with zero attached hydrogens (tertiary/aromatic N) is 1. The van der Waals surface area contributed by atoms with Crippen molar-refractivity contribution in [2.75, 3.05) is 13.1 Å². The van der Waals surface area contributed by atoms with Crippen LogP contribution < -0.4 is 4.74 Å². The summed E-state index contributed by atoms with van der Waals surface area (Å²) < 4.78 is 24.2. The average Bonchev–Trinajstić information content (AvgIpc) is 2.55. The van der Waals surface area contributed by atoms with Crippen LogP contribution in [0.5, 0.6) is 5.75 Å². The molecule has 1 saturated heterocycles. The summed E-state index contributed by atoms with van der Waals surface area (Å²) in [6, 6.07) is 15.5. The van der Waals surface area contributed by atoms with E-state index in [2.05, 4.69) is 0 Å². The second-order valence-electron chi connectivity index (χ2n) is 5.88. The third kappa shape index (κ3) is 4.11. The normalized spacial score (nSPS) is 15.7. The molecule has 1 aliphatic rings. The van der Waals surface area contributed by atoms with Gasteiger partial charge in [0.15, 0.2) is 6.10 Å². The molecule has 0 unspecified atom stereocenters. The van der Waals surface area contributed by atoms with E-state index in [1.165, 1.54) is 12.1 Å². The van der Waals surface area contributed by atoms with E-state index in [-0.39, 0.29) is 17.8 Å². The second-order valence-corrected chi connectivity index (χ2v) is 5.88. The van der Waals surface area contributed by atoms with E-state index in [0.29, 0.717) is 25.4 Å². The molecule has 2 aromatic carbocycles. The number of hydrogen-bond donors (Lipinski definition) is 0. The fraction of sp³-hybridized carbons (Fsp3) is 0.316. The van der Waals surface area contributed by atoms with E-state index in [0.717, 1.165) is 5.56 Å². The first-order chi connectivity index (χ1) is 11.6. The van der Waals surface area contributed by atoms with Gasteiger partial charge in [-0.15, -0.1) is 0 Å². The Labute approximate surface area is 140 Å². The number of rotatable bonds is 6. The highest BCUT2D eigenvalue weighted by molar-refractivity contribution is 5.81. The molecule has 0 aromatic heterocycles. The van der Waals surface area contributed by atoms with Crippen molar-refractivity contribution < 1.29 is 18.7 Å². The van der Waals surface area contributed by atoms with Crippen LogP contribution in [0.15, 0.2) is 54.6 Å². The quantitative estimate of drug-likeness (QED) is 0.818. The number of para-hydroxylation sites is 1. The summed E-state index contributed by atoms with van der Waals surface area (Å²) in [6.07, 6.45) is -0.506. The first-order valence-corrected chi connectivity index (χ1v) is 7.98. The third-order valence-corrected chi connectivity index (χ3v) is 3.96. The van der Waals surface area contributed by atoms with Gasteiger partial charge in [0.1, 0.15) is 11.6 Å². The van der Waals surface area contributed by atoms with Crippen molar-refractivity contribution in [2.24, 2.45) is 0 Å². The van der Waals surface area contributed by atoms with E-state index >= 15 is 0 Å². The van der Waals surface area contributed by atoms with Gasteiger partial charge in [0, 0.05) is 13.1 Å². The molecule has 0 N–H and O–H groups in total. The Kier molecular flexibility index (Phi) is 5.11. The van der Waals surface area contributed by atoms with Crippen LogP contribution in [-0.2, 0) is 16.1 Å². The monoisotopic (exact) mass is 329 g/mol. The van der Waals surface area contributed by atoms with E-state index in [1.807, 2.05) is 30.3 Å². The van der Waals surface area contributed by atoms with Crippen LogP contribution >= 0.6 is 0 Å². The van der Waals surface area contributed by atoms with Crippen molar-refractivity contribution >= 4 is 5.91 Å². The van der Waals surface area contributed by atoms with Gasteiger partial charge in [-0.1, -0.05) is 30.3 Å². The maximum Gasteiger partial charge on any atom is 0.263 e. The Morgan fingerprint density at radius 2 is 1.83 bits per heavy atom. The molecule has 5 heteroatoms. The van der Waals surface area contributed by atoms with Crippen LogP contribution in [0.25, 0.3) is 0 Å². The number of ether oxygens (including phenoxy) is 2. The third-order valence-electron chi connectivity index (χ3n) is 3.96. The Balaban J connectivity index is 1.40. The Morgan fingerprint density at radius 1 is 1.17 bits per heavy atom. The van der Waals surface area contributed by atoms with Gasteiger partial charge in [0.25, 0.3) is 5.91 Å². The SMILES string of the molecule is C[C@@H](Oc1ccccc1)C(=O)N1CC(OCc2ccc(F)cc2)C1. The van der Waals surface area contributed by atoms with Gasteiger partial charge in [0.05, 0.1) is 12.7 Å². The van der Waals surface area contributed by atoms with Gasteiger partial charge in [0.2, 0.25) is 0 Å². The van der Waals surface area contributed by atoms with Crippen molar-refractivity contribution in [3.63, 3.8) is 0 Å². The van der Waals surface area contributed by atoms with Gasteiger partial charge in [-0.3, -0.25) is 4.79 Å². The van der Waals surface area contributed by atoms with Crippen molar-refractivity contribution in [1.82, 2.24) is 4.90 Å². The molecule has 1 atom stereocenters. The smallest absolute Gasteiger partial charge is 0.263 e. The van der Waals surface area contributed by atoms with Crippen molar-refractivity contribution in [1.29, 1.82) is 0 Å². The van der Waals surface area contributed by atoms with E-state index < -0.39 is 6.10 Å². The summed E-state index contributed by atoms with van der Waals surface area (Å²) in [5.74, 6) is 0.384. The maximum atomic E-state index is 12.8. The molecule has 0 aliphatic carbocycles. The minimum Gasteiger partial charge on any atom is -0.481 e. The van der Waals surface area contributed by atoms with Gasteiger partial charge < -0.3 is 14.4 Å².